The van der Waals surface area contributed by atoms with Gasteiger partial charge in [0.1, 0.15) is 4.90 Å². The zero-order valence-corrected chi connectivity index (χ0v) is 19.7. The van der Waals surface area contributed by atoms with Gasteiger partial charge in [0.2, 0.25) is 0 Å². The summed E-state index contributed by atoms with van der Waals surface area (Å²) in [5.74, 6) is -1.27. The van der Waals surface area contributed by atoms with Crippen molar-refractivity contribution in [2.75, 3.05) is 5.73 Å². The number of alkyl halides is 3. The molecule has 0 aliphatic carbocycles. The topological polar surface area (TPSA) is 134 Å². The maximum absolute atomic E-state index is 13.0. The van der Waals surface area contributed by atoms with Gasteiger partial charge in [-0.05, 0) is 54.6 Å². The molecule has 4 aromatic rings. The molecule has 0 aliphatic rings. The summed E-state index contributed by atoms with van der Waals surface area (Å²) < 4.78 is 100.0. The molecule has 3 aromatic carbocycles. The fourth-order valence-corrected chi connectivity index (χ4v) is 5.58. The van der Waals surface area contributed by atoms with Gasteiger partial charge in [0.25, 0.3) is 0 Å². The average Bonchev–Trinajstić information content (AvgIpc) is 2.79. The van der Waals surface area contributed by atoms with E-state index in [1.807, 2.05) is 0 Å². The highest BCUT2D eigenvalue weighted by Crippen LogP contribution is 2.32. The standard InChI is InChI=1S/C23H16F3NO7S2/c24-23(25,26)16-4-2-5-19(12-16)35(29,30)13-15-11-14-3-1-6-20(21(14)33-22(15)28)34-36(31,32)18-9-7-17(27)8-10-18/h1-12H,13,27H2. The Morgan fingerprint density at radius 3 is 2.19 bits per heavy atom. The van der Waals surface area contributed by atoms with Gasteiger partial charge in [0, 0.05) is 11.1 Å². The van der Waals surface area contributed by atoms with Crippen LogP contribution in [0.1, 0.15) is 11.1 Å². The molecule has 2 N–H and O–H groups in total. The molecule has 188 valence electrons. The first-order chi connectivity index (χ1) is 16.8. The molecule has 0 saturated carbocycles. The zero-order chi connectivity index (χ0) is 26.3. The monoisotopic (exact) mass is 539 g/mol. The van der Waals surface area contributed by atoms with E-state index >= 15 is 0 Å². The van der Waals surface area contributed by atoms with E-state index in [4.69, 9.17) is 14.3 Å². The molecular weight excluding hydrogens is 523 g/mol. The molecule has 1 aromatic heterocycles. The van der Waals surface area contributed by atoms with Gasteiger partial charge in [0.05, 0.1) is 21.8 Å². The molecule has 0 atom stereocenters. The molecule has 0 bridgehead atoms. The quantitative estimate of drug-likeness (QED) is 0.220. The largest absolute Gasteiger partial charge is 0.418 e. The van der Waals surface area contributed by atoms with Crippen LogP contribution >= 0.6 is 0 Å². The average molecular weight is 540 g/mol. The van der Waals surface area contributed by atoms with Crippen LogP contribution in [0, 0.1) is 0 Å². The van der Waals surface area contributed by atoms with E-state index < -0.39 is 48.0 Å². The number of sulfone groups is 1. The molecule has 4 rings (SSSR count). The van der Waals surface area contributed by atoms with E-state index in [1.54, 1.807) is 0 Å². The van der Waals surface area contributed by atoms with Crippen molar-refractivity contribution < 1.29 is 38.6 Å². The van der Waals surface area contributed by atoms with Gasteiger partial charge in [0.15, 0.2) is 21.2 Å². The first kappa shape index (κ1) is 25.3. The van der Waals surface area contributed by atoms with Crippen molar-refractivity contribution in [2.45, 2.75) is 21.7 Å². The van der Waals surface area contributed by atoms with Gasteiger partial charge in [-0.25, -0.2) is 13.2 Å². The molecule has 0 spiro atoms. The Morgan fingerprint density at radius 2 is 1.53 bits per heavy atom. The Balaban J connectivity index is 1.69. The van der Waals surface area contributed by atoms with Crippen molar-refractivity contribution in [1.82, 2.24) is 0 Å². The fraction of sp³-hybridized carbons (Fsp3) is 0.0870. The van der Waals surface area contributed by atoms with Crippen molar-refractivity contribution in [1.29, 1.82) is 0 Å². The molecule has 0 unspecified atom stereocenters. The maximum Gasteiger partial charge on any atom is 0.416 e. The molecule has 0 amide bonds. The minimum absolute atomic E-state index is 0.133. The minimum Gasteiger partial charge on any atom is -0.418 e. The second-order valence-electron chi connectivity index (χ2n) is 7.62. The van der Waals surface area contributed by atoms with Crippen LogP contribution in [0.25, 0.3) is 11.0 Å². The normalized spacial score (nSPS) is 12.5. The Kier molecular flexibility index (Phi) is 6.31. The van der Waals surface area contributed by atoms with Gasteiger partial charge in [-0.3, -0.25) is 0 Å². The van der Waals surface area contributed by atoms with Crippen molar-refractivity contribution in [3.8, 4) is 5.75 Å². The summed E-state index contributed by atoms with van der Waals surface area (Å²) in [6.45, 7) is 0. The SMILES string of the molecule is Nc1ccc(S(=O)(=O)Oc2cccc3cc(CS(=O)(=O)c4cccc(C(F)(F)F)c4)c(=O)oc23)cc1. The number of hydrogen-bond donors (Lipinski definition) is 1. The highest BCUT2D eigenvalue weighted by atomic mass is 32.2. The van der Waals surface area contributed by atoms with Gasteiger partial charge >= 0.3 is 21.9 Å². The highest BCUT2D eigenvalue weighted by Gasteiger charge is 2.32. The minimum atomic E-state index is -4.75. The van der Waals surface area contributed by atoms with E-state index in [2.05, 4.69) is 0 Å². The Hall–Kier alpha value is -3.84. The van der Waals surface area contributed by atoms with E-state index in [0.29, 0.717) is 11.8 Å². The summed E-state index contributed by atoms with van der Waals surface area (Å²) in [5, 5.41) is 0.133. The van der Waals surface area contributed by atoms with Crippen LogP contribution in [0.3, 0.4) is 0 Å². The number of hydrogen-bond acceptors (Lipinski definition) is 8. The van der Waals surface area contributed by atoms with Crippen LogP contribution in [-0.4, -0.2) is 16.8 Å². The Labute approximate surface area is 202 Å². The first-order valence-electron chi connectivity index (χ1n) is 10.0. The summed E-state index contributed by atoms with van der Waals surface area (Å²) >= 11 is 0. The van der Waals surface area contributed by atoms with Crippen LogP contribution in [0.15, 0.2) is 91.8 Å². The van der Waals surface area contributed by atoms with Crippen LogP contribution in [0.4, 0.5) is 18.9 Å². The lowest BCUT2D eigenvalue weighted by Gasteiger charge is -2.11. The predicted octanol–water partition coefficient (Wildman–Crippen LogP) is 4.14. The third kappa shape index (κ3) is 5.21. The van der Waals surface area contributed by atoms with Gasteiger partial charge in [-0.2, -0.15) is 21.6 Å². The molecule has 36 heavy (non-hydrogen) atoms. The van der Waals surface area contributed by atoms with Gasteiger partial charge in [-0.15, -0.1) is 0 Å². The predicted molar refractivity (Wildman–Crippen MR) is 123 cm³/mol. The smallest absolute Gasteiger partial charge is 0.416 e. The molecule has 0 fully saturated rings. The summed E-state index contributed by atoms with van der Waals surface area (Å²) in [4.78, 5) is 11.7. The van der Waals surface area contributed by atoms with Crippen LogP contribution in [-0.2, 0) is 31.9 Å². The van der Waals surface area contributed by atoms with E-state index in [0.717, 1.165) is 24.3 Å². The number of halogens is 3. The number of para-hydroxylation sites is 1. The molecule has 0 saturated heterocycles. The number of anilines is 1. The van der Waals surface area contributed by atoms with E-state index in [1.165, 1.54) is 42.5 Å². The highest BCUT2D eigenvalue weighted by molar-refractivity contribution is 7.90. The van der Waals surface area contributed by atoms with Crippen molar-refractivity contribution in [3.63, 3.8) is 0 Å². The zero-order valence-electron chi connectivity index (χ0n) is 18.0. The number of fused-ring (bicyclic) bond motifs is 1. The van der Waals surface area contributed by atoms with Crippen LogP contribution in [0.2, 0.25) is 0 Å². The summed E-state index contributed by atoms with van der Waals surface area (Å²) in [6, 6.07) is 13.5. The molecular formula is C23H16F3NO7S2. The summed E-state index contributed by atoms with van der Waals surface area (Å²) in [6.07, 6.45) is -4.75. The first-order valence-corrected chi connectivity index (χ1v) is 13.1. The second-order valence-corrected chi connectivity index (χ2v) is 11.2. The lowest BCUT2D eigenvalue weighted by atomic mass is 10.2. The van der Waals surface area contributed by atoms with Crippen molar-refractivity contribution in [2.24, 2.45) is 0 Å². The molecule has 0 aliphatic heterocycles. The van der Waals surface area contributed by atoms with Crippen LogP contribution < -0.4 is 15.5 Å². The molecule has 0 radical (unpaired) electrons. The van der Waals surface area contributed by atoms with Crippen molar-refractivity contribution >= 4 is 36.6 Å². The van der Waals surface area contributed by atoms with Gasteiger partial charge in [-0.1, -0.05) is 18.2 Å². The summed E-state index contributed by atoms with van der Waals surface area (Å²) in [7, 11) is -8.69. The third-order valence-corrected chi connectivity index (χ3v) is 7.94. The lowest BCUT2D eigenvalue weighted by Crippen LogP contribution is -2.15. The number of benzene rings is 3. The number of nitrogens with two attached hydrogens (primary N) is 1. The number of rotatable bonds is 6. The van der Waals surface area contributed by atoms with E-state index in [9.17, 15) is 34.8 Å². The van der Waals surface area contributed by atoms with Crippen LogP contribution in [0.5, 0.6) is 5.75 Å². The van der Waals surface area contributed by atoms with E-state index in [-0.39, 0.29) is 27.2 Å². The lowest BCUT2D eigenvalue weighted by molar-refractivity contribution is -0.137. The van der Waals surface area contributed by atoms with Crippen molar-refractivity contribution in [3.05, 3.63) is 94.3 Å². The fourth-order valence-electron chi connectivity index (χ4n) is 3.28. The Bertz CT molecular complexity index is 1730. The third-order valence-electron chi connectivity index (χ3n) is 5.03. The molecule has 13 heteroatoms. The maximum atomic E-state index is 13.0. The van der Waals surface area contributed by atoms with Gasteiger partial charge < -0.3 is 14.3 Å². The second kappa shape index (κ2) is 8.99. The molecule has 1 heterocycles. The summed E-state index contributed by atoms with van der Waals surface area (Å²) in [5.41, 5.74) is 2.98. The molecule has 8 nitrogen and oxygen atoms in total. The Morgan fingerprint density at radius 1 is 0.861 bits per heavy atom. The number of nitrogen functional groups attached to an aromatic ring is 1.